The van der Waals surface area contributed by atoms with Crippen molar-refractivity contribution in [3.05, 3.63) is 35.4 Å². The molecule has 0 radical (unpaired) electrons. The third-order valence-electron chi connectivity index (χ3n) is 5.40. The number of oxime groups is 1. The molecule has 1 aromatic carbocycles. The van der Waals surface area contributed by atoms with Gasteiger partial charge in [-0.1, -0.05) is 17.3 Å². The molecule has 2 aliphatic rings. The van der Waals surface area contributed by atoms with Crippen molar-refractivity contribution in [3.8, 4) is 5.75 Å². The zero-order valence-electron chi connectivity index (χ0n) is 16.8. The number of hydrogen-bond donors (Lipinski definition) is 0. The van der Waals surface area contributed by atoms with Crippen LogP contribution in [0.4, 0.5) is 0 Å². The Balaban J connectivity index is 1.49. The van der Waals surface area contributed by atoms with Crippen LogP contribution in [0, 0.1) is 0 Å². The second-order valence-electron chi connectivity index (χ2n) is 7.52. The summed E-state index contributed by atoms with van der Waals surface area (Å²) in [5.74, 6) is 0.888. The van der Waals surface area contributed by atoms with Crippen molar-refractivity contribution in [2.24, 2.45) is 5.16 Å². The Morgan fingerprint density at radius 3 is 2.74 bits per heavy atom. The van der Waals surface area contributed by atoms with Crippen LogP contribution in [-0.4, -0.2) is 69.0 Å². The first-order chi connectivity index (χ1) is 13.2. The third-order valence-corrected chi connectivity index (χ3v) is 5.40. The molecule has 0 amide bonds. The minimum absolute atomic E-state index is 0.697. The van der Waals surface area contributed by atoms with E-state index in [9.17, 15) is 0 Å². The van der Waals surface area contributed by atoms with Gasteiger partial charge in [-0.2, -0.15) is 0 Å². The number of hydrogen-bond acceptors (Lipinski definition) is 5. The van der Waals surface area contributed by atoms with Crippen LogP contribution in [0.25, 0.3) is 6.08 Å². The number of nitrogens with zero attached hydrogens (tertiary/aromatic N) is 3. The van der Waals surface area contributed by atoms with Crippen LogP contribution in [-0.2, 0) is 4.84 Å². The molecule has 27 heavy (non-hydrogen) atoms. The number of methoxy groups -OCH3 is 1. The zero-order valence-corrected chi connectivity index (χ0v) is 16.8. The van der Waals surface area contributed by atoms with Gasteiger partial charge < -0.3 is 19.4 Å². The first-order valence-electron chi connectivity index (χ1n) is 10.2. The zero-order chi connectivity index (χ0) is 18.9. The summed E-state index contributed by atoms with van der Waals surface area (Å²) in [7, 11) is 3.90. The molecule has 0 N–H and O–H groups in total. The molecule has 0 aromatic heterocycles. The maximum atomic E-state index is 5.68. The molecule has 1 aromatic rings. The van der Waals surface area contributed by atoms with Crippen molar-refractivity contribution in [2.75, 3.05) is 53.5 Å². The van der Waals surface area contributed by atoms with Gasteiger partial charge in [0.2, 0.25) is 0 Å². The van der Waals surface area contributed by atoms with Gasteiger partial charge in [0.25, 0.3) is 0 Å². The van der Waals surface area contributed by atoms with Gasteiger partial charge in [-0.3, -0.25) is 0 Å². The number of piperazine rings is 1. The topological polar surface area (TPSA) is 37.3 Å². The molecule has 5 nitrogen and oxygen atoms in total. The molecule has 2 fully saturated rings. The van der Waals surface area contributed by atoms with E-state index < -0.39 is 0 Å². The number of rotatable bonds is 7. The molecule has 148 valence electrons. The first kappa shape index (κ1) is 19.9. The quantitative estimate of drug-likeness (QED) is 0.541. The van der Waals surface area contributed by atoms with Crippen molar-refractivity contribution in [2.45, 2.75) is 32.1 Å². The lowest BCUT2D eigenvalue weighted by molar-refractivity contribution is 0.110. The minimum Gasteiger partial charge on any atom is -0.497 e. The number of benzene rings is 1. The maximum absolute atomic E-state index is 5.68. The Morgan fingerprint density at radius 2 is 1.93 bits per heavy atom. The van der Waals surface area contributed by atoms with Gasteiger partial charge >= 0.3 is 0 Å². The summed E-state index contributed by atoms with van der Waals surface area (Å²) in [6.07, 6.45) is 7.76. The fraction of sp³-hybridized carbons (Fsp3) is 0.591. The first-order valence-corrected chi connectivity index (χ1v) is 10.2. The normalized spacial score (nSPS) is 22.3. The summed E-state index contributed by atoms with van der Waals surface area (Å²) in [6.45, 7) is 6.47. The highest BCUT2D eigenvalue weighted by Crippen LogP contribution is 2.25. The third kappa shape index (κ3) is 6.36. The maximum Gasteiger partial charge on any atom is 0.119 e. The summed E-state index contributed by atoms with van der Waals surface area (Å²) >= 11 is 0. The van der Waals surface area contributed by atoms with E-state index in [0.717, 1.165) is 42.8 Å². The van der Waals surface area contributed by atoms with Gasteiger partial charge in [-0.05, 0) is 68.5 Å². The van der Waals surface area contributed by atoms with Crippen LogP contribution in [0.15, 0.2) is 35.0 Å². The van der Waals surface area contributed by atoms with E-state index in [2.05, 4.69) is 40.2 Å². The number of allylic oxidation sites excluding steroid dienone is 1. The number of likely N-dealkylation sites (N-methyl/N-ethyl adjacent to an activating group) is 1. The average Bonchev–Trinajstić information content (AvgIpc) is 2.70. The summed E-state index contributed by atoms with van der Waals surface area (Å²) in [5.41, 5.74) is 3.58. The Kier molecular flexibility index (Phi) is 7.72. The van der Waals surface area contributed by atoms with E-state index in [-0.39, 0.29) is 0 Å². The van der Waals surface area contributed by atoms with Gasteiger partial charge in [0.15, 0.2) is 0 Å². The van der Waals surface area contributed by atoms with E-state index in [1.54, 1.807) is 7.11 Å². The lowest BCUT2D eigenvalue weighted by atomic mass is 9.91. The van der Waals surface area contributed by atoms with Crippen LogP contribution >= 0.6 is 0 Å². The molecule has 1 saturated carbocycles. The standard InChI is InChI=1S/C22H33N3O2/c1-24-12-14-25(15-13-24)11-6-16-27-23-22-10-4-3-8-20(22)17-19-7-5-9-21(18-19)26-2/h5,7,9,17-18H,3-4,6,8,10-16H2,1-2H3. The van der Waals surface area contributed by atoms with E-state index in [1.165, 1.54) is 44.6 Å². The monoisotopic (exact) mass is 371 g/mol. The molecule has 0 atom stereocenters. The van der Waals surface area contributed by atoms with Gasteiger partial charge in [0, 0.05) is 32.7 Å². The SMILES string of the molecule is COc1cccc(C=C2CCCCC2=NOCCCN2CCN(C)CC2)c1. The van der Waals surface area contributed by atoms with E-state index in [1.807, 2.05) is 12.1 Å². The predicted octanol–water partition coefficient (Wildman–Crippen LogP) is 3.66. The van der Waals surface area contributed by atoms with Crippen LogP contribution < -0.4 is 4.74 Å². The number of ether oxygens (including phenoxy) is 1. The summed E-state index contributed by atoms with van der Waals surface area (Å²) in [6, 6.07) is 8.18. The highest BCUT2D eigenvalue weighted by Gasteiger charge is 2.15. The van der Waals surface area contributed by atoms with Gasteiger partial charge in [-0.25, -0.2) is 0 Å². The van der Waals surface area contributed by atoms with Crippen LogP contribution in [0.3, 0.4) is 0 Å². The summed E-state index contributed by atoms with van der Waals surface area (Å²) in [5, 5.41) is 4.49. The lowest BCUT2D eigenvalue weighted by Crippen LogP contribution is -2.44. The van der Waals surface area contributed by atoms with E-state index in [4.69, 9.17) is 9.57 Å². The van der Waals surface area contributed by atoms with Gasteiger partial charge in [0.1, 0.15) is 12.4 Å². The molecule has 0 spiro atoms. The van der Waals surface area contributed by atoms with Gasteiger partial charge in [0.05, 0.1) is 12.8 Å². The Morgan fingerprint density at radius 1 is 1.11 bits per heavy atom. The molecular formula is C22H33N3O2. The molecule has 5 heteroatoms. The molecule has 0 unspecified atom stereocenters. The molecule has 0 bridgehead atoms. The van der Waals surface area contributed by atoms with Crippen molar-refractivity contribution < 1.29 is 9.57 Å². The molecule has 3 rings (SSSR count). The van der Waals surface area contributed by atoms with Crippen LogP contribution in [0.1, 0.15) is 37.7 Å². The molecule has 1 heterocycles. The molecule has 1 aliphatic carbocycles. The van der Waals surface area contributed by atoms with Crippen molar-refractivity contribution in [1.82, 2.24) is 9.80 Å². The fourth-order valence-electron chi connectivity index (χ4n) is 3.65. The highest BCUT2D eigenvalue weighted by molar-refractivity contribution is 6.04. The second kappa shape index (κ2) is 10.5. The van der Waals surface area contributed by atoms with Crippen LogP contribution in [0.2, 0.25) is 0 Å². The van der Waals surface area contributed by atoms with E-state index >= 15 is 0 Å². The van der Waals surface area contributed by atoms with E-state index in [0.29, 0.717) is 6.61 Å². The second-order valence-corrected chi connectivity index (χ2v) is 7.52. The summed E-state index contributed by atoms with van der Waals surface area (Å²) in [4.78, 5) is 10.6. The Hall–Kier alpha value is -1.85. The van der Waals surface area contributed by atoms with Crippen molar-refractivity contribution >= 4 is 11.8 Å². The predicted molar refractivity (Wildman–Crippen MR) is 111 cm³/mol. The largest absolute Gasteiger partial charge is 0.497 e. The smallest absolute Gasteiger partial charge is 0.119 e. The Bertz CT molecular complexity index is 649. The van der Waals surface area contributed by atoms with Crippen molar-refractivity contribution in [1.29, 1.82) is 0 Å². The summed E-state index contributed by atoms with van der Waals surface area (Å²) < 4.78 is 5.33. The van der Waals surface area contributed by atoms with Gasteiger partial charge in [-0.15, -0.1) is 0 Å². The lowest BCUT2D eigenvalue weighted by Gasteiger charge is -2.32. The molecule has 1 saturated heterocycles. The van der Waals surface area contributed by atoms with Crippen LogP contribution in [0.5, 0.6) is 5.75 Å². The fourth-order valence-corrected chi connectivity index (χ4v) is 3.65. The molecule has 1 aliphatic heterocycles. The van der Waals surface area contributed by atoms with Crippen molar-refractivity contribution in [3.63, 3.8) is 0 Å². The Labute approximate surface area is 163 Å². The minimum atomic E-state index is 0.697. The molecular weight excluding hydrogens is 338 g/mol. The highest BCUT2D eigenvalue weighted by atomic mass is 16.6. The average molecular weight is 372 g/mol.